The van der Waals surface area contributed by atoms with Crippen molar-refractivity contribution in [1.29, 1.82) is 0 Å². The number of ether oxygens (including phenoxy) is 1. The van der Waals surface area contributed by atoms with E-state index in [2.05, 4.69) is 0 Å². The fraction of sp³-hybridized carbons (Fsp3) is 0.462. The van der Waals surface area contributed by atoms with Gasteiger partial charge in [-0.05, 0) is 25.0 Å². The van der Waals surface area contributed by atoms with Crippen molar-refractivity contribution in [3.63, 3.8) is 0 Å². The maximum absolute atomic E-state index is 11.0. The minimum Gasteiger partial charge on any atom is -0.485 e. The van der Waals surface area contributed by atoms with E-state index in [4.69, 9.17) is 16.2 Å². The first-order valence-electron chi connectivity index (χ1n) is 6.33. The van der Waals surface area contributed by atoms with Crippen LogP contribution in [0, 0.1) is 10.1 Å². The Labute approximate surface area is 117 Å². The molecule has 110 valence electrons. The van der Waals surface area contributed by atoms with Crippen molar-refractivity contribution in [2.24, 2.45) is 11.5 Å². The number of nitrogens with zero attached hydrogens (tertiary/aromatic N) is 1. The molecular weight excluding hydrogens is 262 g/mol. The number of nitro groups is 1. The van der Waals surface area contributed by atoms with Crippen LogP contribution < -0.4 is 16.2 Å². The molecule has 7 heteroatoms. The Hall–Kier alpha value is -2.15. The van der Waals surface area contributed by atoms with E-state index in [0.29, 0.717) is 12.8 Å². The molecule has 0 heterocycles. The molecule has 1 aromatic rings. The number of amides is 1. The summed E-state index contributed by atoms with van der Waals surface area (Å²) in [5.74, 6) is -0.647. The molecule has 0 unspecified atom stereocenters. The first kappa shape index (κ1) is 15.9. The molecule has 4 N–H and O–H groups in total. The zero-order valence-corrected chi connectivity index (χ0v) is 11.6. The SMILES string of the molecule is CCC(N)(CC)COc1ccc(C(N)=O)cc1[N+](=O)[O-]. The highest BCUT2D eigenvalue weighted by atomic mass is 16.6. The van der Waals surface area contributed by atoms with Crippen LogP contribution in [0.15, 0.2) is 18.2 Å². The number of nitro benzene ring substituents is 1. The molecule has 0 aromatic heterocycles. The molecule has 1 aromatic carbocycles. The molecule has 7 nitrogen and oxygen atoms in total. The minimum absolute atomic E-state index is 0.0639. The molecule has 0 saturated carbocycles. The number of rotatable bonds is 7. The second-order valence-electron chi connectivity index (χ2n) is 4.66. The van der Waals surface area contributed by atoms with Crippen LogP contribution in [0.3, 0.4) is 0 Å². The highest BCUT2D eigenvalue weighted by Gasteiger charge is 2.24. The lowest BCUT2D eigenvalue weighted by atomic mass is 9.96. The van der Waals surface area contributed by atoms with Gasteiger partial charge in [0.15, 0.2) is 5.75 Å². The van der Waals surface area contributed by atoms with Gasteiger partial charge in [0.05, 0.1) is 4.92 Å². The van der Waals surface area contributed by atoms with Crippen molar-refractivity contribution in [2.75, 3.05) is 6.61 Å². The predicted octanol–water partition coefficient (Wildman–Crippen LogP) is 1.59. The van der Waals surface area contributed by atoms with Crippen LogP contribution in [0.1, 0.15) is 37.0 Å². The summed E-state index contributed by atoms with van der Waals surface area (Å²) in [7, 11) is 0. The van der Waals surface area contributed by atoms with E-state index < -0.39 is 16.4 Å². The topological polar surface area (TPSA) is 121 Å². The van der Waals surface area contributed by atoms with Gasteiger partial charge in [0.2, 0.25) is 5.91 Å². The Kier molecular flexibility index (Phi) is 5.04. The molecule has 0 bridgehead atoms. The Balaban J connectivity index is 3.01. The van der Waals surface area contributed by atoms with E-state index in [0.717, 1.165) is 6.07 Å². The summed E-state index contributed by atoms with van der Waals surface area (Å²) in [5.41, 5.74) is 10.4. The van der Waals surface area contributed by atoms with Crippen molar-refractivity contribution in [1.82, 2.24) is 0 Å². The van der Waals surface area contributed by atoms with Crippen LogP contribution in [0.5, 0.6) is 5.75 Å². The van der Waals surface area contributed by atoms with Crippen molar-refractivity contribution < 1.29 is 14.5 Å². The van der Waals surface area contributed by atoms with Gasteiger partial charge < -0.3 is 16.2 Å². The molecule has 0 aliphatic heterocycles. The number of carbonyl (C=O) groups excluding carboxylic acids is 1. The zero-order valence-electron chi connectivity index (χ0n) is 11.6. The van der Waals surface area contributed by atoms with Crippen molar-refractivity contribution >= 4 is 11.6 Å². The predicted molar refractivity (Wildman–Crippen MR) is 74.6 cm³/mol. The average Bonchev–Trinajstić information content (AvgIpc) is 2.44. The zero-order chi connectivity index (χ0) is 15.3. The summed E-state index contributed by atoms with van der Waals surface area (Å²) in [6, 6.07) is 3.86. The van der Waals surface area contributed by atoms with Gasteiger partial charge in [-0.1, -0.05) is 13.8 Å². The standard InChI is InChI=1S/C13H19N3O4/c1-3-13(15,4-2)8-20-11-6-5-9(12(14)17)7-10(11)16(18)19/h5-7H,3-4,8,15H2,1-2H3,(H2,14,17). The Morgan fingerprint density at radius 1 is 1.40 bits per heavy atom. The Morgan fingerprint density at radius 2 is 2.00 bits per heavy atom. The van der Waals surface area contributed by atoms with E-state index in [9.17, 15) is 14.9 Å². The quantitative estimate of drug-likeness (QED) is 0.580. The van der Waals surface area contributed by atoms with E-state index >= 15 is 0 Å². The first-order valence-corrected chi connectivity index (χ1v) is 6.33. The molecule has 0 radical (unpaired) electrons. The third-order valence-corrected chi connectivity index (χ3v) is 3.36. The molecular formula is C13H19N3O4. The Morgan fingerprint density at radius 3 is 2.45 bits per heavy atom. The van der Waals surface area contributed by atoms with Gasteiger partial charge in [0.1, 0.15) is 6.61 Å². The van der Waals surface area contributed by atoms with Crippen LogP contribution >= 0.6 is 0 Å². The van der Waals surface area contributed by atoms with Gasteiger partial charge in [-0.25, -0.2) is 0 Å². The largest absolute Gasteiger partial charge is 0.485 e. The number of hydrogen-bond acceptors (Lipinski definition) is 5. The van der Waals surface area contributed by atoms with E-state index in [1.54, 1.807) is 0 Å². The number of benzene rings is 1. The van der Waals surface area contributed by atoms with Crippen LogP contribution in [0.25, 0.3) is 0 Å². The van der Waals surface area contributed by atoms with Crippen LogP contribution in [-0.2, 0) is 0 Å². The van der Waals surface area contributed by atoms with Gasteiger partial charge in [-0.15, -0.1) is 0 Å². The summed E-state index contributed by atoms with van der Waals surface area (Å²) in [6.07, 6.45) is 1.38. The maximum atomic E-state index is 11.0. The van der Waals surface area contributed by atoms with Crippen LogP contribution in [0.2, 0.25) is 0 Å². The normalized spacial score (nSPS) is 11.2. The number of carbonyl (C=O) groups is 1. The van der Waals surface area contributed by atoms with E-state index in [1.165, 1.54) is 12.1 Å². The molecule has 1 rings (SSSR count). The monoisotopic (exact) mass is 281 g/mol. The summed E-state index contributed by atoms with van der Waals surface area (Å²) in [4.78, 5) is 21.4. The molecule has 0 aliphatic carbocycles. The fourth-order valence-corrected chi connectivity index (χ4v) is 1.61. The van der Waals surface area contributed by atoms with Crippen molar-refractivity contribution in [3.8, 4) is 5.75 Å². The smallest absolute Gasteiger partial charge is 0.311 e. The minimum atomic E-state index is -0.727. The lowest BCUT2D eigenvalue weighted by Gasteiger charge is -2.26. The first-order chi connectivity index (χ1) is 9.33. The lowest BCUT2D eigenvalue weighted by Crippen LogP contribution is -2.44. The van der Waals surface area contributed by atoms with Crippen molar-refractivity contribution in [3.05, 3.63) is 33.9 Å². The fourth-order valence-electron chi connectivity index (χ4n) is 1.61. The molecule has 0 aliphatic rings. The molecule has 0 saturated heterocycles. The highest BCUT2D eigenvalue weighted by molar-refractivity contribution is 5.93. The van der Waals surface area contributed by atoms with Gasteiger partial charge in [-0.3, -0.25) is 14.9 Å². The van der Waals surface area contributed by atoms with Gasteiger partial charge in [0, 0.05) is 17.2 Å². The molecule has 0 spiro atoms. The number of hydrogen-bond donors (Lipinski definition) is 2. The highest BCUT2D eigenvalue weighted by Crippen LogP contribution is 2.29. The van der Waals surface area contributed by atoms with Crippen molar-refractivity contribution in [2.45, 2.75) is 32.2 Å². The molecule has 1 amide bonds. The van der Waals surface area contributed by atoms with Crippen LogP contribution in [-0.4, -0.2) is 23.0 Å². The maximum Gasteiger partial charge on any atom is 0.311 e. The lowest BCUT2D eigenvalue weighted by molar-refractivity contribution is -0.385. The van der Waals surface area contributed by atoms with E-state index in [1.807, 2.05) is 13.8 Å². The summed E-state index contributed by atoms with van der Waals surface area (Å²) >= 11 is 0. The second kappa shape index (κ2) is 6.33. The summed E-state index contributed by atoms with van der Waals surface area (Å²) in [5, 5.41) is 11.0. The number of primary amides is 1. The van der Waals surface area contributed by atoms with E-state index in [-0.39, 0.29) is 23.6 Å². The van der Waals surface area contributed by atoms with Gasteiger partial charge in [0.25, 0.3) is 0 Å². The summed E-state index contributed by atoms with van der Waals surface area (Å²) < 4.78 is 5.46. The number of nitrogens with two attached hydrogens (primary N) is 2. The third kappa shape index (κ3) is 3.67. The average molecular weight is 281 g/mol. The van der Waals surface area contributed by atoms with Gasteiger partial charge >= 0.3 is 5.69 Å². The Bertz CT molecular complexity index is 512. The molecule has 0 atom stereocenters. The summed E-state index contributed by atoms with van der Waals surface area (Å²) in [6.45, 7) is 4.02. The second-order valence-corrected chi connectivity index (χ2v) is 4.66. The third-order valence-electron chi connectivity index (χ3n) is 3.36. The molecule has 0 fully saturated rings. The molecule has 20 heavy (non-hydrogen) atoms. The van der Waals surface area contributed by atoms with Gasteiger partial charge in [-0.2, -0.15) is 0 Å². The van der Waals surface area contributed by atoms with Crippen LogP contribution in [0.4, 0.5) is 5.69 Å².